The zero-order valence-corrected chi connectivity index (χ0v) is 8.15. The van der Waals surface area contributed by atoms with Crippen LogP contribution in [0.4, 0.5) is 0 Å². The first-order valence-corrected chi connectivity index (χ1v) is 4.23. The Morgan fingerprint density at radius 1 is 1.42 bits per heavy atom. The van der Waals surface area contributed by atoms with Crippen LogP contribution < -0.4 is 10.0 Å². The summed E-state index contributed by atoms with van der Waals surface area (Å²) < 4.78 is 2.17. The van der Waals surface area contributed by atoms with E-state index in [2.05, 4.69) is 22.9 Å². The molecule has 0 aliphatic rings. The van der Waals surface area contributed by atoms with E-state index in [1.54, 1.807) is 13.8 Å². The van der Waals surface area contributed by atoms with Crippen LogP contribution in [0.5, 0.6) is 0 Å². The smallest absolute Gasteiger partial charge is 0.231 e. The summed E-state index contributed by atoms with van der Waals surface area (Å²) in [4.78, 5) is 21.6. The molecule has 0 radical (unpaired) electrons. The number of nitrogens with one attached hydrogen (secondary N) is 2. The summed E-state index contributed by atoms with van der Waals surface area (Å²) in [7, 11) is 0. The van der Waals surface area contributed by atoms with Crippen LogP contribution in [0.3, 0.4) is 0 Å². The molecule has 0 aromatic carbocycles. The Balaban J connectivity index is 3.44. The van der Waals surface area contributed by atoms with Gasteiger partial charge in [-0.2, -0.15) is 0 Å². The van der Waals surface area contributed by atoms with Gasteiger partial charge in [0.05, 0.1) is 0 Å². The fourth-order valence-corrected chi connectivity index (χ4v) is 0.671. The number of hydrogen-bond donors (Lipinski definition) is 3. The molecule has 0 unspecified atom stereocenters. The topological polar surface area (TPSA) is 58.2 Å². The van der Waals surface area contributed by atoms with Gasteiger partial charge in [0.15, 0.2) is 0 Å². The predicted octanol–water partition coefficient (Wildman–Crippen LogP) is 0.110. The number of carbonyl (C=O) groups excluding carboxylic acids is 2. The Kier molecular flexibility index (Phi) is 5.53. The molecule has 12 heavy (non-hydrogen) atoms. The van der Waals surface area contributed by atoms with Gasteiger partial charge in [0.1, 0.15) is 0 Å². The van der Waals surface area contributed by atoms with Crippen LogP contribution >= 0.6 is 12.8 Å². The van der Waals surface area contributed by atoms with Crippen molar-refractivity contribution in [3.05, 3.63) is 0 Å². The minimum atomic E-state index is -0.192. The molecule has 5 heteroatoms. The van der Waals surface area contributed by atoms with E-state index in [-0.39, 0.29) is 24.2 Å². The Morgan fingerprint density at radius 2 is 2.00 bits per heavy atom. The van der Waals surface area contributed by atoms with Crippen LogP contribution in [0.1, 0.15) is 20.3 Å². The maximum Gasteiger partial charge on any atom is 0.231 e. The molecule has 4 nitrogen and oxygen atoms in total. The molecule has 0 fully saturated rings. The van der Waals surface area contributed by atoms with Crippen molar-refractivity contribution < 1.29 is 9.59 Å². The molecule has 0 rings (SSSR count). The Bertz CT molecular complexity index is 171. The SMILES string of the molecule is CC(C)C(=O)NCCC(=O)NS. The quantitative estimate of drug-likeness (QED) is 0.551. The van der Waals surface area contributed by atoms with E-state index in [0.29, 0.717) is 6.54 Å². The molecule has 0 aliphatic carbocycles. The van der Waals surface area contributed by atoms with Gasteiger partial charge in [0, 0.05) is 18.9 Å². The van der Waals surface area contributed by atoms with E-state index in [0.717, 1.165) is 0 Å². The molecule has 0 spiro atoms. The summed E-state index contributed by atoms with van der Waals surface area (Å²) in [6.45, 7) is 3.96. The summed E-state index contributed by atoms with van der Waals surface area (Å²) in [5, 5.41) is 2.61. The highest BCUT2D eigenvalue weighted by Gasteiger charge is 2.06. The molecule has 2 N–H and O–H groups in total. The largest absolute Gasteiger partial charge is 0.355 e. The maximum atomic E-state index is 11.0. The van der Waals surface area contributed by atoms with Gasteiger partial charge in [0.2, 0.25) is 11.8 Å². The molecule has 0 aromatic rings. The monoisotopic (exact) mass is 190 g/mol. The molecule has 0 aliphatic heterocycles. The van der Waals surface area contributed by atoms with Crippen molar-refractivity contribution in [2.45, 2.75) is 20.3 Å². The first-order valence-electron chi connectivity index (χ1n) is 3.78. The van der Waals surface area contributed by atoms with Gasteiger partial charge >= 0.3 is 0 Å². The van der Waals surface area contributed by atoms with Crippen molar-refractivity contribution in [3.8, 4) is 0 Å². The summed E-state index contributed by atoms with van der Waals surface area (Å²) in [6, 6.07) is 0. The lowest BCUT2D eigenvalue weighted by atomic mass is 10.2. The molecular weight excluding hydrogens is 176 g/mol. The van der Waals surface area contributed by atoms with Crippen molar-refractivity contribution in [3.63, 3.8) is 0 Å². The van der Waals surface area contributed by atoms with Crippen LogP contribution in [0.25, 0.3) is 0 Å². The second-order valence-corrected chi connectivity index (χ2v) is 2.95. The van der Waals surface area contributed by atoms with Crippen LogP contribution in [0, 0.1) is 5.92 Å². The number of amides is 2. The lowest BCUT2D eigenvalue weighted by Gasteiger charge is -2.05. The van der Waals surface area contributed by atoms with E-state index in [1.165, 1.54) is 0 Å². The molecule has 0 aromatic heterocycles. The third-order valence-corrected chi connectivity index (χ3v) is 1.55. The van der Waals surface area contributed by atoms with Crippen molar-refractivity contribution in [1.82, 2.24) is 10.0 Å². The number of thiol groups is 1. The zero-order valence-electron chi connectivity index (χ0n) is 7.26. The van der Waals surface area contributed by atoms with E-state index in [9.17, 15) is 9.59 Å². The summed E-state index contributed by atoms with van der Waals surface area (Å²) in [6.07, 6.45) is 0.266. The molecule has 0 saturated carbocycles. The third kappa shape index (κ3) is 5.01. The molecule has 0 heterocycles. The van der Waals surface area contributed by atoms with Gasteiger partial charge in [-0.15, -0.1) is 0 Å². The van der Waals surface area contributed by atoms with Crippen LogP contribution in [-0.2, 0) is 9.59 Å². The zero-order chi connectivity index (χ0) is 9.56. The number of hydrogen-bond acceptors (Lipinski definition) is 3. The van der Waals surface area contributed by atoms with Crippen molar-refractivity contribution in [2.75, 3.05) is 6.54 Å². The van der Waals surface area contributed by atoms with Crippen LogP contribution in [0.2, 0.25) is 0 Å². The minimum Gasteiger partial charge on any atom is -0.355 e. The number of carbonyl (C=O) groups is 2. The lowest BCUT2D eigenvalue weighted by Crippen LogP contribution is -2.31. The minimum absolute atomic E-state index is 0.0379. The predicted molar refractivity (Wildman–Crippen MR) is 49.6 cm³/mol. The summed E-state index contributed by atoms with van der Waals surface area (Å²) in [5.41, 5.74) is 0. The highest BCUT2D eigenvalue weighted by molar-refractivity contribution is 7.78. The molecular formula is C7H14N2O2S. The average Bonchev–Trinajstić information content (AvgIpc) is 2.03. The van der Waals surface area contributed by atoms with Crippen molar-refractivity contribution >= 4 is 24.6 Å². The molecule has 0 bridgehead atoms. The van der Waals surface area contributed by atoms with Crippen molar-refractivity contribution in [2.24, 2.45) is 5.92 Å². The fourth-order valence-electron chi connectivity index (χ4n) is 0.559. The van der Waals surface area contributed by atoms with Crippen LogP contribution in [0.15, 0.2) is 0 Å². The van der Waals surface area contributed by atoms with Gasteiger partial charge in [0.25, 0.3) is 0 Å². The fraction of sp³-hybridized carbons (Fsp3) is 0.714. The second kappa shape index (κ2) is 5.88. The van der Waals surface area contributed by atoms with Gasteiger partial charge in [-0.3, -0.25) is 9.59 Å². The molecule has 0 saturated heterocycles. The molecule has 2 amide bonds. The second-order valence-electron chi connectivity index (χ2n) is 2.73. The van der Waals surface area contributed by atoms with Gasteiger partial charge < -0.3 is 10.0 Å². The van der Waals surface area contributed by atoms with Crippen LogP contribution in [-0.4, -0.2) is 18.4 Å². The van der Waals surface area contributed by atoms with E-state index >= 15 is 0 Å². The summed E-state index contributed by atoms with van der Waals surface area (Å²) in [5.74, 6) is -0.270. The van der Waals surface area contributed by atoms with Gasteiger partial charge in [-0.25, -0.2) is 0 Å². The van der Waals surface area contributed by atoms with Crippen molar-refractivity contribution in [1.29, 1.82) is 0 Å². The van der Waals surface area contributed by atoms with E-state index in [4.69, 9.17) is 0 Å². The van der Waals surface area contributed by atoms with Gasteiger partial charge in [-0.1, -0.05) is 26.7 Å². The average molecular weight is 190 g/mol. The molecule has 0 atom stereocenters. The first kappa shape index (κ1) is 11.3. The lowest BCUT2D eigenvalue weighted by molar-refractivity contribution is -0.124. The van der Waals surface area contributed by atoms with E-state index in [1.807, 2.05) is 0 Å². The van der Waals surface area contributed by atoms with E-state index < -0.39 is 0 Å². The highest BCUT2D eigenvalue weighted by atomic mass is 32.1. The first-order chi connectivity index (χ1) is 5.57. The Morgan fingerprint density at radius 3 is 2.42 bits per heavy atom. The number of rotatable bonds is 4. The molecule has 70 valence electrons. The Hall–Kier alpha value is -0.710. The highest BCUT2D eigenvalue weighted by Crippen LogP contribution is 1.90. The standard InChI is InChI=1S/C7H14N2O2S/c1-5(2)7(11)8-4-3-6(10)9-12/h5,12H,3-4H2,1-2H3,(H,8,11)(H,9,10). The summed E-state index contributed by atoms with van der Waals surface area (Å²) >= 11 is 3.57. The Labute approximate surface area is 77.6 Å². The van der Waals surface area contributed by atoms with Gasteiger partial charge in [-0.05, 0) is 0 Å². The third-order valence-electron chi connectivity index (χ3n) is 1.30. The normalized spacial score (nSPS) is 9.67. The maximum absolute atomic E-state index is 11.0.